The topological polar surface area (TPSA) is 83.8 Å². The lowest BCUT2D eigenvalue weighted by Gasteiger charge is -2.28. The summed E-state index contributed by atoms with van der Waals surface area (Å²) in [6.45, 7) is 10.9. The fourth-order valence-electron chi connectivity index (χ4n) is 5.94. The van der Waals surface area contributed by atoms with Gasteiger partial charge in [0.25, 0.3) is 0 Å². The smallest absolute Gasteiger partial charge is 0.410 e. The first-order valence-corrected chi connectivity index (χ1v) is 19.7. The third kappa shape index (κ3) is 10.6. The number of imidazole rings is 1. The molecule has 1 heterocycles. The number of nitrogens with zero attached hydrogens (tertiary/aromatic N) is 2. The summed E-state index contributed by atoms with van der Waals surface area (Å²) < 4.78 is 25.7. The molecule has 48 heavy (non-hydrogen) atoms. The zero-order valence-electron chi connectivity index (χ0n) is 29.2. The first-order chi connectivity index (χ1) is 23.5. The van der Waals surface area contributed by atoms with E-state index < -0.39 is 14.9 Å². The summed E-state index contributed by atoms with van der Waals surface area (Å²) in [6, 6.07) is 29.2. The van der Waals surface area contributed by atoms with Gasteiger partial charge in [-0.3, -0.25) is 0 Å². The van der Waals surface area contributed by atoms with Gasteiger partial charge in [-0.05, 0) is 57.9 Å². The minimum atomic E-state index is -2.75. The Bertz CT molecular complexity index is 1480. The SMILES string of the molecule is CCCCCCCCn1c(-c2ccc(OC(=O)NCCC[Si](OCC)(OCC)OCC)cc2)nc(-c2ccccc2)c1-c1ccccc1. The third-order valence-corrected chi connectivity index (χ3v) is 11.3. The number of hydrogen-bond acceptors (Lipinski definition) is 6. The van der Waals surface area contributed by atoms with E-state index in [1.165, 1.54) is 32.1 Å². The molecule has 0 fully saturated rings. The molecule has 0 unspecified atom stereocenters. The van der Waals surface area contributed by atoms with Gasteiger partial charge in [0, 0.05) is 55.6 Å². The third-order valence-electron chi connectivity index (χ3n) is 8.14. The number of aromatic nitrogens is 2. The van der Waals surface area contributed by atoms with Crippen LogP contribution in [0.4, 0.5) is 4.79 Å². The molecule has 258 valence electrons. The Kier molecular flexibility index (Phi) is 15.4. The van der Waals surface area contributed by atoms with Gasteiger partial charge >= 0.3 is 14.9 Å². The largest absolute Gasteiger partial charge is 0.500 e. The Morgan fingerprint density at radius 3 is 1.88 bits per heavy atom. The first-order valence-electron chi connectivity index (χ1n) is 17.7. The quantitative estimate of drug-likeness (QED) is 0.0701. The van der Waals surface area contributed by atoms with Crippen LogP contribution in [0.1, 0.15) is 72.6 Å². The number of unbranched alkanes of at least 4 members (excludes halogenated alkanes) is 5. The van der Waals surface area contributed by atoms with Gasteiger partial charge in [0.05, 0.1) is 11.4 Å². The average Bonchev–Trinajstić information content (AvgIpc) is 3.49. The number of rotatable bonds is 21. The standard InChI is InChI=1S/C39H53N3O5Si/c1-5-9-10-11-12-19-30-42-37(33-23-17-14-18-24-33)36(32-21-15-13-16-22-32)41-38(42)34-25-27-35(28-26-34)47-39(43)40-29-20-31-48(44-6-2,45-7-3)46-8-4/h13-18,21-28H,5-12,19-20,29-31H2,1-4H3,(H,40,43). The summed E-state index contributed by atoms with van der Waals surface area (Å²) >= 11 is 0. The Balaban J connectivity index is 1.50. The van der Waals surface area contributed by atoms with E-state index in [1.807, 2.05) is 57.2 Å². The van der Waals surface area contributed by atoms with Crippen molar-refractivity contribution in [2.45, 2.75) is 85.2 Å². The molecule has 9 heteroatoms. The summed E-state index contributed by atoms with van der Waals surface area (Å²) in [5.74, 6) is 1.38. The Morgan fingerprint density at radius 1 is 0.688 bits per heavy atom. The summed E-state index contributed by atoms with van der Waals surface area (Å²) in [7, 11) is -2.75. The molecular weight excluding hydrogens is 619 g/mol. The molecule has 8 nitrogen and oxygen atoms in total. The van der Waals surface area contributed by atoms with Crippen molar-refractivity contribution in [1.82, 2.24) is 14.9 Å². The van der Waals surface area contributed by atoms with Gasteiger partial charge in [0.1, 0.15) is 11.6 Å². The predicted octanol–water partition coefficient (Wildman–Crippen LogP) is 9.77. The van der Waals surface area contributed by atoms with Crippen LogP contribution in [0.5, 0.6) is 5.75 Å². The van der Waals surface area contributed by atoms with Crippen LogP contribution >= 0.6 is 0 Å². The van der Waals surface area contributed by atoms with Crippen LogP contribution in [0.2, 0.25) is 6.04 Å². The fraction of sp³-hybridized carbons (Fsp3) is 0.436. The van der Waals surface area contributed by atoms with Crippen molar-refractivity contribution in [2.24, 2.45) is 0 Å². The second kappa shape index (κ2) is 19.9. The number of carbonyl (C=O) groups excluding carboxylic acids is 1. The average molecular weight is 672 g/mol. The molecular formula is C39H53N3O5Si. The van der Waals surface area contributed by atoms with E-state index in [4.69, 9.17) is 23.0 Å². The summed E-state index contributed by atoms with van der Waals surface area (Å²) in [5.41, 5.74) is 5.28. The van der Waals surface area contributed by atoms with Crippen molar-refractivity contribution >= 4 is 14.9 Å². The molecule has 0 aliphatic carbocycles. The molecule has 0 aliphatic heterocycles. The lowest BCUT2D eigenvalue weighted by molar-refractivity contribution is 0.0708. The second-order valence-electron chi connectivity index (χ2n) is 11.7. The van der Waals surface area contributed by atoms with Crippen molar-refractivity contribution in [3.63, 3.8) is 0 Å². The number of amides is 1. The molecule has 4 rings (SSSR count). The van der Waals surface area contributed by atoms with E-state index in [0.717, 1.165) is 46.9 Å². The number of hydrogen-bond donors (Lipinski definition) is 1. The normalized spacial score (nSPS) is 11.5. The van der Waals surface area contributed by atoms with E-state index in [9.17, 15) is 4.79 Å². The zero-order valence-corrected chi connectivity index (χ0v) is 30.2. The minimum absolute atomic E-state index is 0.430. The van der Waals surface area contributed by atoms with Crippen molar-refractivity contribution in [2.75, 3.05) is 26.4 Å². The van der Waals surface area contributed by atoms with Crippen LogP contribution in [-0.2, 0) is 19.8 Å². The van der Waals surface area contributed by atoms with Crippen molar-refractivity contribution in [1.29, 1.82) is 0 Å². The lowest BCUT2D eigenvalue weighted by atomic mass is 10.0. The van der Waals surface area contributed by atoms with Crippen LogP contribution in [-0.4, -0.2) is 50.8 Å². The highest BCUT2D eigenvalue weighted by Gasteiger charge is 2.39. The number of benzene rings is 3. The maximum Gasteiger partial charge on any atom is 0.500 e. The summed E-state index contributed by atoms with van der Waals surface area (Å²) in [4.78, 5) is 17.9. The lowest BCUT2D eigenvalue weighted by Crippen LogP contribution is -2.46. The fourth-order valence-corrected chi connectivity index (χ4v) is 8.55. The highest BCUT2D eigenvalue weighted by molar-refractivity contribution is 6.60. The van der Waals surface area contributed by atoms with Crippen molar-refractivity contribution < 1.29 is 22.8 Å². The summed E-state index contributed by atoms with van der Waals surface area (Å²) in [5, 5.41) is 2.85. The highest BCUT2D eigenvalue weighted by atomic mass is 28.4. The Morgan fingerprint density at radius 2 is 1.27 bits per heavy atom. The number of nitrogens with one attached hydrogen (secondary N) is 1. The summed E-state index contributed by atoms with van der Waals surface area (Å²) in [6.07, 6.45) is 7.47. The molecule has 3 aromatic carbocycles. The second-order valence-corrected chi connectivity index (χ2v) is 14.4. The van der Waals surface area contributed by atoms with E-state index in [0.29, 0.717) is 44.6 Å². The molecule has 0 radical (unpaired) electrons. The van der Waals surface area contributed by atoms with E-state index >= 15 is 0 Å². The van der Waals surface area contributed by atoms with E-state index in [1.54, 1.807) is 0 Å². The Labute approximate surface area is 288 Å². The zero-order chi connectivity index (χ0) is 34.0. The monoisotopic (exact) mass is 671 g/mol. The molecule has 0 aliphatic rings. The van der Waals surface area contributed by atoms with Gasteiger partial charge in [-0.2, -0.15) is 0 Å². The van der Waals surface area contributed by atoms with Crippen molar-refractivity contribution in [3.8, 4) is 39.7 Å². The van der Waals surface area contributed by atoms with Crippen LogP contribution in [0.15, 0.2) is 84.9 Å². The molecule has 0 saturated carbocycles. The van der Waals surface area contributed by atoms with Gasteiger partial charge in [-0.1, -0.05) is 99.7 Å². The number of carbonyl (C=O) groups is 1. The predicted molar refractivity (Wildman–Crippen MR) is 196 cm³/mol. The molecule has 1 aromatic heterocycles. The molecule has 0 spiro atoms. The molecule has 0 atom stereocenters. The highest BCUT2D eigenvalue weighted by Crippen LogP contribution is 2.37. The van der Waals surface area contributed by atoms with E-state index in [-0.39, 0.29) is 0 Å². The van der Waals surface area contributed by atoms with Gasteiger partial charge in [0.2, 0.25) is 0 Å². The number of ether oxygens (including phenoxy) is 1. The molecule has 0 bridgehead atoms. The van der Waals surface area contributed by atoms with Crippen molar-refractivity contribution in [3.05, 3.63) is 84.9 Å². The van der Waals surface area contributed by atoms with Crippen LogP contribution < -0.4 is 10.1 Å². The maximum atomic E-state index is 12.7. The molecule has 1 N–H and O–H groups in total. The van der Waals surface area contributed by atoms with E-state index in [2.05, 4.69) is 65.3 Å². The van der Waals surface area contributed by atoms with Crippen LogP contribution in [0.25, 0.3) is 33.9 Å². The maximum absolute atomic E-state index is 12.7. The van der Waals surface area contributed by atoms with Gasteiger partial charge in [-0.15, -0.1) is 0 Å². The Hall–Kier alpha value is -3.76. The van der Waals surface area contributed by atoms with Crippen LogP contribution in [0.3, 0.4) is 0 Å². The molecule has 1 amide bonds. The van der Waals surface area contributed by atoms with Gasteiger partial charge in [-0.25, -0.2) is 9.78 Å². The van der Waals surface area contributed by atoms with Crippen LogP contribution in [0, 0.1) is 0 Å². The first kappa shape index (κ1) is 37.1. The minimum Gasteiger partial charge on any atom is -0.410 e. The van der Waals surface area contributed by atoms with Gasteiger partial charge < -0.3 is 27.9 Å². The molecule has 0 saturated heterocycles. The van der Waals surface area contributed by atoms with Gasteiger partial charge in [0.15, 0.2) is 0 Å². The molecule has 4 aromatic rings.